The molecule has 0 aliphatic rings. The quantitative estimate of drug-likeness (QED) is 0.673. The van der Waals surface area contributed by atoms with Gasteiger partial charge in [-0.2, -0.15) is 0 Å². The molecule has 4 heteroatoms. The second kappa shape index (κ2) is 6.31. The molecule has 3 rings (SSSR count). The summed E-state index contributed by atoms with van der Waals surface area (Å²) in [5.74, 6) is 0. The van der Waals surface area contributed by atoms with Crippen LogP contribution in [0.15, 0.2) is 54.6 Å². The molecule has 0 amide bonds. The second-order valence-electron chi connectivity index (χ2n) is 4.99. The molecule has 1 atom stereocenters. The van der Waals surface area contributed by atoms with E-state index in [9.17, 15) is 5.11 Å². The largest absolute Gasteiger partial charge is 0.394 e. The van der Waals surface area contributed by atoms with Crippen molar-refractivity contribution in [2.24, 2.45) is 0 Å². The van der Waals surface area contributed by atoms with Crippen molar-refractivity contribution in [2.45, 2.75) is 12.6 Å². The predicted octanol–water partition coefficient (Wildman–Crippen LogP) is 3.64. The minimum atomic E-state index is -0.103. The molecule has 0 saturated carbocycles. The third kappa shape index (κ3) is 2.95. The summed E-state index contributed by atoms with van der Waals surface area (Å²) < 4.78 is 0. The molecule has 0 radical (unpaired) electrons. The summed E-state index contributed by atoms with van der Waals surface area (Å²) in [6.07, 6.45) is 0. The number of fused-ring (bicyclic) bond motifs is 1. The lowest BCUT2D eigenvalue weighted by molar-refractivity contribution is 0.243. The highest BCUT2D eigenvalue weighted by molar-refractivity contribution is 6.36. The Hall–Kier alpha value is -1.81. The number of hydrogen-bond donors (Lipinski definition) is 3. The standard InChI is InChI=1S/C17H17ClN2O/c18-17-13-8-4-5-9-14(13)20-15(17)10-19-16(11-21)12-6-2-1-3-7-12/h1-9,16,19-21H,10-11H2/t16-/m1/s1. The smallest absolute Gasteiger partial charge is 0.0705 e. The fourth-order valence-corrected chi connectivity index (χ4v) is 2.76. The summed E-state index contributed by atoms with van der Waals surface area (Å²) in [6.45, 7) is 0.621. The number of nitrogens with one attached hydrogen (secondary N) is 2. The van der Waals surface area contributed by atoms with Crippen molar-refractivity contribution < 1.29 is 5.11 Å². The maximum atomic E-state index is 9.56. The van der Waals surface area contributed by atoms with Crippen molar-refractivity contribution in [3.05, 3.63) is 70.9 Å². The molecule has 1 heterocycles. The zero-order valence-corrected chi connectivity index (χ0v) is 12.3. The molecule has 0 spiro atoms. The molecule has 3 aromatic rings. The lowest BCUT2D eigenvalue weighted by atomic mass is 10.1. The van der Waals surface area contributed by atoms with Gasteiger partial charge in [-0.3, -0.25) is 0 Å². The Balaban J connectivity index is 1.78. The first-order valence-corrected chi connectivity index (χ1v) is 7.31. The number of aromatic amines is 1. The van der Waals surface area contributed by atoms with E-state index < -0.39 is 0 Å². The predicted molar refractivity (Wildman–Crippen MR) is 86.4 cm³/mol. The summed E-state index contributed by atoms with van der Waals surface area (Å²) >= 11 is 6.40. The summed E-state index contributed by atoms with van der Waals surface area (Å²) in [5.41, 5.74) is 3.03. The average molecular weight is 301 g/mol. The summed E-state index contributed by atoms with van der Waals surface area (Å²) in [7, 11) is 0. The van der Waals surface area contributed by atoms with E-state index in [2.05, 4.69) is 10.3 Å². The van der Waals surface area contributed by atoms with Crippen LogP contribution in [-0.4, -0.2) is 16.7 Å². The number of aliphatic hydroxyl groups is 1. The number of benzene rings is 2. The molecule has 2 aromatic carbocycles. The Morgan fingerprint density at radius 1 is 1.05 bits per heavy atom. The van der Waals surface area contributed by atoms with E-state index in [0.29, 0.717) is 6.54 Å². The molecule has 0 aliphatic heterocycles. The Bertz CT molecular complexity index is 724. The first-order chi connectivity index (χ1) is 10.3. The van der Waals surface area contributed by atoms with Gasteiger partial charge in [0.15, 0.2) is 0 Å². The molecule has 0 unspecified atom stereocenters. The lowest BCUT2D eigenvalue weighted by Crippen LogP contribution is -2.24. The normalized spacial score (nSPS) is 12.7. The van der Waals surface area contributed by atoms with E-state index >= 15 is 0 Å². The van der Waals surface area contributed by atoms with Gasteiger partial charge in [0.25, 0.3) is 0 Å². The van der Waals surface area contributed by atoms with Crippen molar-refractivity contribution in [3.63, 3.8) is 0 Å². The van der Waals surface area contributed by atoms with Crippen LogP contribution in [0, 0.1) is 0 Å². The van der Waals surface area contributed by atoms with Gasteiger partial charge in [0.1, 0.15) is 0 Å². The van der Waals surface area contributed by atoms with E-state index in [1.165, 1.54) is 0 Å². The Morgan fingerprint density at radius 3 is 2.48 bits per heavy atom. The van der Waals surface area contributed by atoms with Gasteiger partial charge in [-0.25, -0.2) is 0 Å². The van der Waals surface area contributed by atoms with E-state index in [1.54, 1.807) is 0 Å². The number of H-pyrrole nitrogens is 1. The molecule has 1 aromatic heterocycles. The third-order valence-corrected chi connectivity index (χ3v) is 4.06. The Kier molecular flexibility index (Phi) is 4.25. The zero-order chi connectivity index (χ0) is 14.7. The van der Waals surface area contributed by atoms with E-state index in [4.69, 9.17) is 11.6 Å². The minimum Gasteiger partial charge on any atom is -0.394 e. The molecule has 0 aliphatic carbocycles. The maximum absolute atomic E-state index is 9.56. The van der Waals surface area contributed by atoms with Gasteiger partial charge < -0.3 is 15.4 Å². The zero-order valence-electron chi connectivity index (χ0n) is 11.5. The first kappa shape index (κ1) is 14.1. The highest BCUT2D eigenvalue weighted by Gasteiger charge is 2.13. The Morgan fingerprint density at radius 2 is 1.76 bits per heavy atom. The van der Waals surface area contributed by atoms with E-state index in [1.807, 2.05) is 54.6 Å². The highest BCUT2D eigenvalue weighted by atomic mass is 35.5. The first-order valence-electron chi connectivity index (χ1n) is 6.94. The van der Waals surface area contributed by atoms with Crippen LogP contribution >= 0.6 is 11.6 Å². The highest BCUT2D eigenvalue weighted by Crippen LogP contribution is 2.27. The molecule has 108 valence electrons. The summed E-state index contributed by atoms with van der Waals surface area (Å²) in [4.78, 5) is 3.32. The minimum absolute atomic E-state index is 0.0435. The third-order valence-electron chi connectivity index (χ3n) is 3.62. The monoisotopic (exact) mass is 300 g/mol. The number of halogens is 1. The average Bonchev–Trinajstić information content (AvgIpc) is 2.86. The molecule has 0 fully saturated rings. The summed E-state index contributed by atoms with van der Waals surface area (Å²) in [6, 6.07) is 17.8. The number of hydrogen-bond acceptors (Lipinski definition) is 2. The Labute approximate surface area is 128 Å². The number of aliphatic hydroxyl groups excluding tert-OH is 1. The summed E-state index contributed by atoms with van der Waals surface area (Å²) in [5, 5.41) is 14.7. The van der Waals surface area contributed by atoms with Gasteiger partial charge in [0.2, 0.25) is 0 Å². The van der Waals surface area contributed by atoms with Crippen molar-refractivity contribution >= 4 is 22.5 Å². The van der Waals surface area contributed by atoms with Crippen molar-refractivity contribution in [1.29, 1.82) is 0 Å². The SMILES string of the molecule is OC[C@@H](NCc1[nH]c2ccccc2c1Cl)c1ccccc1. The van der Waals surface area contributed by atoms with E-state index in [-0.39, 0.29) is 12.6 Å². The molecular weight excluding hydrogens is 284 g/mol. The lowest BCUT2D eigenvalue weighted by Gasteiger charge is -2.16. The molecule has 3 N–H and O–H groups in total. The van der Waals surface area contributed by atoms with Gasteiger partial charge >= 0.3 is 0 Å². The maximum Gasteiger partial charge on any atom is 0.0705 e. The number of aromatic nitrogens is 1. The van der Waals surface area contributed by atoms with Gasteiger partial charge in [-0.15, -0.1) is 0 Å². The van der Waals surface area contributed by atoms with Crippen LogP contribution in [0.25, 0.3) is 10.9 Å². The van der Waals surface area contributed by atoms with Gasteiger partial charge in [0.05, 0.1) is 17.7 Å². The van der Waals surface area contributed by atoms with E-state index in [0.717, 1.165) is 27.2 Å². The fourth-order valence-electron chi connectivity index (χ4n) is 2.48. The number of para-hydroxylation sites is 1. The molecule has 21 heavy (non-hydrogen) atoms. The van der Waals surface area contributed by atoms with Crippen molar-refractivity contribution in [1.82, 2.24) is 10.3 Å². The van der Waals surface area contributed by atoms with Crippen LogP contribution in [0.5, 0.6) is 0 Å². The van der Waals surface area contributed by atoms with Crippen LogP contribution in [0.2, 0.25) is 5.02 Å². The van der Waals surface area contributed by atoms with Crippen LogP contribution in [0.3, 0.4) is 0 Å². The molecule has 0 bridgehead atoms. The van der Waals surface area contributed by atoms with Gasteiger partial charge in [-0.05, 0) is 11.6 Å². The molecular formula is C17H17ClN2O. The molecule has 0 saturated heterocycles. The van der Waals surface area contributed by atoms with Crippen molar-refractivity contribution in [3.8, 4) is 0 Å². The second-order valence-corrected chi connectivity index (χ2v) is 5.37. The van der Waals surface area contributed by atoms with Crippen molar-refractivity contribution in [2.75, 3.05) is 6.61 Å². The fraction of sp³-hybridized carbons (Fsp3) is 0.176. The molecule has 3 nitrogen and oxygen atoms in total. The van der Waals surface area contributed by atoms with Crippen LogP contribution in [0.1, 0.15) is 17.3 Å². The van der Waals surface area contributed by atoms with Gasteiger partial charge in [0, 0.05) is 23.1 Å². The van der Waals surface area contributed by atoms with Crippen LogP contribution in [-0.2, 0) is 6.54 Å². The topological polar surface area (TPSA) is 48.0 Å². The van der Waals surface area contributed by atoms with Crippen LogP contribution in [0.4, 0.5) is 0 Å². The van der Waals surface area contributed by atoms with Gasteiger partial charge in [-0.1, -0.05) is 60.1 Å². The number of rotatable bonds is 5. The van der Waals surface area contributed by atoms with Crippen LogP contribution < -0.4 is 5.32 Å².